The van der Waals surface area contributed by atoms with E-state index in [1.54, 1.807) is 12.4 Å². The molecular formula is C26H26F3N7O2. The summed E-state index contributed by atoms with van der Waals surface area (Å²) in [5.74, 6) is -0.538. The second-order valence-corrected chi connectivity index (χ2v) is 8.96. The van der Waals surface area contributed by atoms with Crippen LogP contribution in [-0.2, 0) is 9.53 Å². The molecule has 3 aromatic heterocycles. The third kappa shape index (κ3) is 5.86. The van der Waals surface area contributed by atoms with E-state index in [2.05, 4.69) is 42.3 Å². The van der Waals surface area contributed by atoms with Crippen LogP contribution in [0.25, 0.3) is 33.4 Å². The summed E-state index contributed by atoms with van der Waals surface area (Å²) in [7, 11) is 0. The monoisotopic (exact) mass is 525 g/mol. The molecule has 1 aliphatic rings. The number of hydrogen-bond acceptors (Lipinski definition) is 7. The van der Waals surface area contributed by atoms with Gasteiger partial charge in [0.1, 0.15) is 24.1 Å². The summed E-state index contributed by atoms with van der Waals surface area (Å²) in [4.78, 5) is 30.8. The zero-order chi connectivity index (χ0) is 26.7. The standard InChI is InChI=1S/C26H26F3N7O2/c1-16(25(37)33-15-26(27,28)29)34-23-14-30-13-22(35-23)21-12-32-24-20(21)10-18(11-31-24)17-3-2-4-19(9-17)36-5-7-38-8-6-36/h2-4,9-14,16H,5-8,15H2,1H3,(H,31,32)(H,33,37)(H,34,35)/t16-/m1/s1. The molecule has 3 N–H and O–H groups in total. The predicted molar refractivity (Wildman–Crippen MR) is 138 cm³/mol. The summed E-state index contributed by atoms with van der Waals surface area (Å²) in [5, 5.41) is 5.50. The lowest BCUT2D eigenvalue weighted by molar-refractivity contribution is -0.138. The molecular weight excluding hydrogens is 499 g/mol. The Morgan fingerprint density at radius 2 is 1.97 bits per heavy atom. The van der Waals surface area contributed by atoms with Crippen LogP contribution in [0, 0.1) is 0 Å². The van der Waals surface area contributed by atoms with Crippen LogP contribution in [0.15, 0.2) is 55.1 Å². The highest BCUT2D eigenvalue weighted by Crippen LogP contribution is 2.31. The van der Waals surface area contributed by atoms with Gasteiger partial charge >= 0.3 is 6.18 Å². The number of carbonyl (C=O) groups excluding carboxylic acids is 1. The van der Waals surface area contributed by atoms with Gasteiger partial charge in [-0.1, -0.05) is 12.1 Å². The Morgan fingerprint density at radius 1 is 1.16 bits per heavy atom. The zero-order valence-corrected chi connectivity index (χ0v) is 20.5. The first-order chi connectivity index (χ1) is 18.3. The maximum absolute atomic E-state index is 12.4. The van der Waals surface area contributed by atoms with Gasteiger partial charge in [0.2, 0.25) is 5.91 Å². The molecule has 0 bridgehead atoms. The fourth-order valence-corrected chi connectivity index (χ4v) is 4.27. The van der Waals surface area contributed by atoms with Crippen LogP contribution in [-0.4, -0.2) is 70.9 Å². The number of ether oxygens (including phenoxy) is 1. The van der Waals surface area contributed by atoms with Crippen molar-refractivity contribution in [1.29, 1.82) is 0 Å². The number of carbonyl (C=O) groups is 1. The number of H-pyrrole nitrogens is 1. The van der Waals surface area contributed by atoms with Crippen LogP contribution in [0.5, 0.6) is 0 Å². The maximum atomic E-state index is 12.4. The van der Waals surface area contributed by atoms with Crippen LogP contribution in [0.4, 0.5) is 24.7 Å². The van der Waals surface area contributed by atoms with Crippen molar-refractivity contribution < 1.29 is 22.7 Å². The summed E-state index contributed by atoms with van der Waals surface area (Å²) in [6.45, 7) is 3.14. The van der Waals surface area contributed by atoms with Crippen molar-refractivity contribution in [2.24, 2.45) is 0 Å². The lowest BCUT2D eigenvalue weighted by atomic mass is 10.0. The van der Waals surface area contributed by atoms with Gasteiger partial charge in [0, 0.05) is 47.7 Å². The molecule has 1 aromatic carbocycles. The molecule has 12 heteroatoms. The van der Waals surface area contributed by atoms with E-state index in [1.807, 2.05) is 29.7 Å². The van der Waals surface area contributed by atoms with Crippen molar-refractivity contribution in [3.8, 4) is 22.4 Å². The molecule has 38 heavy (non-hydrogen) atoms. The molecule has 1 fully saturated rings. The number of rotatable bonds is 7. The van der Waals surface area contributed by atoms with Gasteiger partial charge in [0.05, 0.1) is 31.3 Å². The highest BCUT2D eigenvalue weighted by Gasteiger charge is 2.28. The summed E-state index contributed by atoms with van der Waals surface area (Å²) in [6.07, 6.45) is 2.09. The fourth-order valence-electron chi connectivity index (χ4n) is 4.27. The molecule has 0 unspecified atom stereocenters. The Kier molecular flexibility index (Phi) is 7.14. The molecule has 9 nitrogen and oxygen atoms in total. The molecule has 1 saturated heterocycles. The third-order valence-electron chi connectivity index (χ3n) is 6.22. The molecule has 0 saturated carbocycles. The normalized spacial score (nSPS) is 14.9. The Labute approximate surface area is 216 Å². The smallest absolute Gasteiger partial charge is 0.378 e. The second-order valence-electron chi connectivity index (χ2n) is 8.96. The molecule has 1 atom stereocenters. The van der Waals surface area contributed by atoms with E-state index in [4.69, 9.17) is 4.74 Å². The molecule has 0 aliphatic carbocycles. The molecule has 1 amide bonds. The van der Waals surface area contributed by atoms with Crippen molar-refractivity contribution in [2.75, 3.05) is 43.1 Å². The highest BCUT2D eigenvalue weighted by molar-refractivity contribution is 5.95. The second kappa shape index (κ2) is 10.7. The van der Waals surface area contributed by atoms with Gasteiger partial charge < -0.3 is 25.3 Å². The molecule has 1 aliphatic heterocycles. The van der Waals surface area contributed by atoms with E-state index in [-0.39, 0.29) is 5.82 Å². The number of amides is 1. The minimum atomic E-state index is -4.48. The molecule has 5 rings (SSSR count). The molecule has 4 aromatic rings. The number of pyridine rings is 1. The van der Waals surface area contributed by atoms with Gasteiger partial charge in [-0.25, -0.2) is 9.97 Å². The van der Waals surface area contributed by atoms with E-state index < -0.39 is 24.7 Å². The quantitative estimate of drug-likeness (QED) is 0.335. The zero-order valence-electron chi connectivity index (χ0n) is 20.5. The number of fused-ring (bicyclic) bond motifs is 1. The Bertz CT molecular complexity index is 1430. The number of halogens is 3. The Balaban J connectivity index is 1.38. The van der Waals surface area contributed by atoms with Gasteiger partial charge in [-0.05, 0) is 30.7 Å². The minimum absolute atomic E-state index is 0.258. The topological polar surface area (TPSA) is 108 Å². The van der Waals surface area contributed by atoms with Crippen LogP contribution in [0.2, 0.25) is 0 Å². The fraction of sp³-hybridized carbons (Fsp3) is 0.308. The van der Waals surface area contributed by atoms with Crippen molar-refractivity contribution in [3.05, 3.63) is 55.1 Å². The first kappa shape index (κ1) is 25.5. The molecule has 4 heterocycles. The number of anilines is 2. The van der Waals surface area contributed by atoms with Crippen molar-refractivity contribution in [1.82, 2.24) is 25.3 Å². The number of benzene rings is 1. The number of morpholine rings is 1. The average molecular weight is 526 g/mol. The van der Waals surface area contributed by atoms with E-state index in [1.165, 1.54) is 13.1 Å². The van der Waals surface area contributed by atoms with E-state index in [9.17, 15) is 18.0 Å². The van der Waals surface area contributed by atoms with E-state index >= 15 is 0 Å². The minimum Gasteiger partial charge on any atom is -0.378 e. The van der Waals surface area contributed by atoms with Gasteiger partial charge in [0.25, 0.3) is 0 Å². The van der Waals surface area contributed by atoms with Crippen molar-refractivity contribution in [3.63, 3.8) is 0 Å². The van der Waals surface area contributed by atoms with E-state index in [0.29, 0.717) is 24.6 Å². The lowest BCUT2D eigenvalue weighted by Gasteiger charge is -2.29. The Morgan fingerprint density at radius 3 is 2.76 bits per heavy atom. The Hall–Kier alpha value is -4.19. The van der Waals surface area contributed by atoms with Crippen LogP contribution in [0.1, 0.15) is 6.92 Å². The summed E-state index contributed by atoms with van der Waals surface area (Å²) >= 11 is 0. The van der Waals surface area contributed by atoms with Gasteiger partial charge in [-0.3, -0.25) is 9.78 Å². The number of alkyl halides is 3. The first-order valence-corrected chi connectivity index (χ1v) is 12.1. The van der Waals surface area contributed by atoms with Gasteiger partial charge in [-0.15, -0.1) is 0 Å². The van der Waals surface area contributed by atoms with E-state index in [0.717, 1.165) is 40.9 Å². The van der Waals surface area contributed by atoms with Crippen molar-refractivity contribution in [2.45, 2.75) is 19.1 Å². The summed E-state index contributed by atoms with van der Waals surface area (Å²) in [5.41, 5.74) is 5.03. The predicted octanol–water partition coefficient (Wildman–Crippen LogP) is 4.00. The average Bonchev–Trinajstić information content (AvgIpc) is 3.35. The highest BCUT2D eigenvalue weighted by atomic mass is 19.4. The SMILES string of the molecule is C[C@@H](Nc1cncc(-c2c[nH]c3ncc(-c4cccc(N5CCOCC5)c4)cc23)n1)C(=O)NCC(F)(F)F. The number of nitrogens with one attached hydrogen (secondary N) is 3. The largest absolute Gasteiger partial charge is 0.405 e. The van der Waals surface area contributed by atoms with Crippen molar-refractivity contribution >= 4 is 28.4 Å². The first-order valence-electron chi connectivity index (χ1n) is 12.1. The molecule has 0 radical (unpaired) electrons. The summed E-state index contributed by atoms with van der Waals surface area (Å²) in [6, 6.07) is 9.36. The molecule has 198 valence electrons. The number of hydrogen-bond donors (Lipinski definition) is 3. The summed E-state index contributed by atoms with van der Waals surface area (Å²) < 4.78 is 42.7. The molecule has 0 spiro atoms. The third-order valence-corrected chi connectivity index (χ3v) is 6.22. The number of aromatic amines is 1. The lowest BCUT2D eigenvalue weighted by Crippen LogP contribution is -2.42. The van der Waals surface area contributed by atoms with Crippen LogP contribution >= 0.6 is 0 Å². The number of aromatic nitrogens is 4. The van der Waals surface area contributed by atoms with Crippen LogP contribution in [0.3, 0.4) is 0 Å². The van der Waals surface area contributed by atoms with Crippen LogP contribution < -0.4 is 15.5 Å². The van der Waals surface area contributed by atoms with Gasteiger partial charge in [0.15, 0.2) is 0 Å². The number of nitrogens with zero attached hydrogens (tertiary/aromatic N) is 4. The maximum Gasteiger partial charge on any atom is 0.405 e. The van der Waals surface area contributed by atoms with Gasteiger partial charge in [-0.2, -0.15) is 13.2 Å².